The van der Waals surface area contributed by atoms with Crippen molar-refractivity contribution in [3.8, 4) is 11.1 Å². The summed E-state index contributed by atoms with van der Waals surface area (Å²) in [4.78, 5) is 27.4. The molecule has 0 amide bonds. The Morgan fingerprint density at radius 1 is 0.706 bits per heavy atom. The summed E-state index contributed by atoms with van der Waals surface area (Å²) >= 11 is 0. The monoisotopic (exact) mass is 247 g/mol. The second kappa shape index (κ2) is 4.31. The lowest BCUT2D eigenvalue weighted by atomic mass is 10.1. The first-order chi connectivity index (χ1) is 7.97. The van der Waals surface area contributed by atoms with Crippen molar-refractivity contribution in [3.05, 3.63) is 48.5 Å². The van der Waals surface area contributed by atoms with Gasteiger partial charge >= 0.3 is 8.80 Å². The zero-order chi connectivity index (χ0) is 12.5. The Balaban J connectivity index is 2.33. The van der Waals surface area contributed by atoms with E-state index in [1.165, 1.54) is 12.1 Å². The number of nitrogens with two attached hydrogens (primary N) is 1. The minimum atomic E-state index is -4.19. The Morgan fingerprint density at radius 2 is 1.12 bits per heavy atom. The first-order valence-corrected chi connectivity index (χ1v) is 6.94. The third-order valence-electron chi connectivity index (χ3n) is 2.52. The van der Waals surface area contributed by atoms with Gasteiger partial charge in [0.2, 0.25) is 0 Å². The Morgan fingerprint density at radius 3 is 1.53 bits per heavy atom. The number of benzene rings is 2. The molecule has 4 nitrogen and oxygen atoms in total. The van der Waals surface area contributed by atoms with E-state index >= 15 is 0 Å². The lowest BCUT2D eigenvalue weighted by Gasteiger charge is -2.10. The fourth-order valence-electron chi connectivity index (χ4n) is 1.56. The molecule has 0 unspecified atom stereocenters. The topological polar surface area (TPSA) is 86.7 Å². The van der Waals surface area contributed by atoms with E-state index in [9.17, 15) is 0 Å². The van der Waals surface area contributed by atoms with E-state index < -0.39 is 8.80 Å². The van der Waals surface area contributed by atoms with Gasteiger partial charge in [0.15, 0.2) is 0 Å². The minimum Gasteiger partial charge on any atom is -0.399 e. The summed E-state index contributed by atoms with van der Waals surface area (Å²) in [5.74, 6) is 0. The van der Waals surface area contributed by atoms with Gasteiger partial charge in [0.05, 0.1) is 0 Å². The van der Waals surface area contributed by atoms with Crippen molar-refractivity contribution >= 4 is 19.7 Å². The predicted octanol–water partition coefficient (Wildman–Crippen LogP) is 0.0586. The summed E-state index contributed by atoms with van der Waals surface area (Å²) in [6.07, 6.45) is 0. The molecule has 88 valence electrons. The van der Waals surface area contributed by atoms with E-state index in [4.69, 9.17) is 20.1 Å². The molecule has 17 heavy (non-hydrogen) atoms. The fourth-order valence-corrected chi connectivity index (χ4v) is 2.18. The molecule has 2 aromatic rings. The Labute approximate surface area is 100.0 Å². The van der Waals surface area contributed by atoms with Crippen LogP contribution in [0.2, 0.25) is 0 Å². The van der Waals surface area contributed by atoms with E-state index in [1.54, 1.807) is 24.3 Å². The quantitative estimate of drug-likeness (QED) is 0.446. The maximum absolute atomic E-state index is 9.12. The molecule has 5 N–H and O–H groups in total. The highest BCUT2D eigenvalue weighted by Gasteiger charge is 2.29. The van der Waals surface area contributed by atoms with Crippen LogP contribution in [0.5, 0.6) is 0 Å². The first kappa shape index (κ1) is 11.8. The molecule has 0 atom stereocenters. The van der Waals surface area contributed by atoms with Crippen LogP contribution in [-0.2, 0) is 0 Å². The highest BCUT2D eigenvalue weighted by Crippen LogP contribution is 2.19. The van der Waals surface area contributed by atoms with Crippen LogP contribution in [-0.4, -0.2) is 23.2 Å². The molecule has 0 aliphatic rings. The molecule has 2 rings (SSSR count). The summed E-state index contributed by atoms with van der Waals surface area (Å²) in [5.41, 5.74) is 8.19. The average Bonchev–Trinajstić information content (AvgIpc) is 2.29. The Bertz CT molecular complexity index is 503. The molecular weight excluding hydrogens is 234 g/mol. The molecular formula is C12H13NO3Si. The maximum atomic E-state index is 9.12. The van der Waals surface area contributed by atoms with Crippen LogP contribution in [0.4, 0.5) is 5.69 Å². The zero-order valence-electron chi connectivity index (χ0n) is 9.04. The van der Waals surface area contributed by atoms with Gasteiger partial charge < -0.3 is 20.1 Å². The zero-order valence-corrected chi connectivity index (χ0v) is 10.0. The summed E-state index contributed by atoms with van der Waals surface area (Å²) in [7, 11) is -4.19. The van der Waals surface area contributed by atoms with Crippen molar-refractivity contribution in [2.45, 2.75) is 0 Å². The molecule has 0 bridgehead atoms. The molecule has 0 aliphatic carbocycles. The SMILES string of the molecule is Nc1ccc(-c2ccc([Si](O)(O)O)cc2)cc1. The average molecular weight is 247 g/mol. The van der Waals surface area contributed by atoms with Gasteiger partial charge in [-0.05, 0) is 23.3 Å². The molecule has 0 fully saturated rings. The third kappa shape index (κ3) is 2.72. The Kier molecular flexibility index (Phi) is 2.99. The Hall–Kier alpha value is -1.66. The molecule has 0 aromatic heterocycles. The number of anilines is 1. The van der Waals surface area contributed by atoms with Crippen molar-refractivity contribution in [2.24, 2.45) is 0 Å². The molecule has 5 heteroatoms. The van der Waals surface area contributed by atoms with Crippen LogP contribution >= 0.6 is 0 Å². The van der Waals surface area contributed by atoms with Crippen LogP contribution in [0.1, 0.15) is 0 Å². The lowest BCUT2D eigenvalue weighted by molar-refractivity contribution is 0.250. The predicted molar refractivity (Wildman–Crippen MR) is 68.3 cm³/mol. The van der Waals surface area contributed by atoms with Crippen LogP contribution < -0.4 is 10.9 Å². The number of rotatable bonds is 2. The molecule has 0 aliphatic heterocycles. The van der Waals surface area contributed by atoms with E-state index in [2.05, 4.69) is 0 Å². The number of hydrogen-bond donors (Lipinski definition) is 4. The van der Waals surface area contributed by atoms with Gasteiger partial charge in [-0.1, -0.05) is 36.4 Å². The van der Waals surface area contributed by atoms with E-state index in [-0.39, 0.29) is 5.19 Å². The summed E-state index contributed by atoms with van der Waals surface area (Å²) < 4.78 is 0. The summed E-state index contributed by atoms with van der Waals surface area (Å²) in [6, 6.07) is 13.8. The van der Waals surface area contributed by atoms with Gasteiger partial charge in [-0.15, -0.1) is 0 Å². The van der Waals surface area contributed by atoms with E-state index in [1.807, 2.05) is 12.1 Å². The molecule has 0 radical (unpaired) electrons. The molecule has 0 saturated carbocycles. The summed E-state index contributed by atoms with van der Waals surface area (Å²) in [5, 5.41) is 0.164. The smallest absolute Gasteiger partial charge is 0.399 e. The standard InChI is InChI=1S/C12H13NO3Si/c13-11-5-1-9(2-6-11)10-3-7-12(8-4-10)17(14,15)16/h1-8,14-16H,13H2. The lowest BCUT2D eigenvalue weighted by Crippen LogP contribution is -2.48. The van der Waals surface area contributed by atoms with Gasteiger partial charge in [0.1, 0.15) is 0 Å². The van der Waals surface area contributed by atoms with Crippen molar-refractivity contribution in [1.82, 2.24) is 0 Å². The van der Waals surface area contributed by atoms with Gasteiger partial charge in [-0.25, -0.2) is 0 Å². The highest BCUT2D eigenvalue weighted by molar-refractivity contribution is 6.71. The molecule has 0 heterocycles. The molecule has 2 aromatic carbocycles. The third-order valence-corrected chi connectivity index (χ3v) is 3.62. The summed E-state index contributed by atoms with van der Waals surface area (Å²) in [6.45, 7) is 0. The second-order valence-electron chi connectivity index (χ2n) is 3.83. The number of hydrogen-bond acceptors (Lipinski definition) is 4. The van der Waals surface area contributed by atoms with Crippen LogP contribution in [0.25, 0.3) is 11.1 Å². The van der Waals surface area contributed by atoms with Crippen molar-refractivity contribution in [2.75, 3.05) is 5.73 Å². The second-order valence-corrected chi connectivity index (χ2v) is 5.68. The van der Waals surface area contributed by atoms with Crippen molar-refractivity contribution in [3.63, 3.8) is 0 Å². The van der Waals surface area contributed by atoms with Crippen molar-refractivity contribution in [1.29, 1.82) is 0 Å². The van der Waals surface area contributed by atoms with Gasteiger partial charge in [-0.2, -0.15) is 0 Å². The van der Waals surface area contributed by atoms with Gasteiger partial charge in [0, 0.05) is 10.9 Å². The van der Waals surface area contributed by atoms with Crippen LogP contribution in [0.15, 0.2) is 48.5 Å². The van der Waals surface area contributed by atoms with Gasteiger partial charge in [0.25, 0.3) is 0 Å². The van der Waals surface area contributed by atoms with Crippen LogP contribution in [0, 0.1) is 0 Å². The van der Waals surface area contributed by atoms with E-state index in [0.29, 0.717) is 5.69 Å². The van der Waals surface area contributed by atoms with Crippen molar-refractivity contribution < 1.29 is 14.4 Å². The largest absolute Gasteiger partial charge is 0.528 e. The number of nitrogen functional groups attached to an aromatic ring is 1. The molecule has 0 spiro atoms. The van der Waals surface area contributed by atoms with Crippen LogP contribution in [0.3, 0.4) is 0 Å². The first-order valence-electron chi connectivity index (χ1n) is 5.10. The minimum absolute atomic E-state index is 0.164. The van der Waals surface area contributed by atoms with Gasteiger partial charge in [-0.3, -0.25) is 0 Å². The normalized spacial score (nSPS) is 11.5. The highest BCUT2D eigenvalue weighted by atomic mass is 28.4. The molecule has 0 saturated heterocycles. The van der Waals surface area contributed by atoms with E-state index in [0.717, 1.165) is 11.1 Å². The maximum Gasteiger partial charge on any atom is 0.528 e. The fraction of sp³-hybridized carbons (Fsp3) is 0.